The largest absolute Gasteiger partial charge is 0.468 e. The number of esters is 1. The van der Waals surface area contributed by atoms with Crippen molar-refractivity contribution in [2.75, 3.05) is 13.7 Å². The first-order valence-corrected chi connectivity index (χ1v) is 8.84. The van der Waals surface area contributed by atoms with Crippen LogP contribution in [0.25, 0.3) is 6.08 Å². The Balaban J connectivity index is 0.00000139. The van der Waals surface area contributed by atoms with Gasteiger partial charge in [0.1, 0.15) is 11.3 Å². The molecule has 0 amide bonds. The summed E-state index contributed by atoms with van der Waals surface area (Å²) in [5.41, 5.74) is -0.0984. The molecule has 1 unspecified atom stereocenters. The van der Waals surface area contributed by atoms with Crippen molar-refractivity contribution in [3.63, 3.8) is 0 Å². The van der Waals surface area contributed by atoms with Crippen LogP contribution in [0.5, 0.6) is 0 Å². The zero-order valence-corrected chi connectivity index (χ0v) is 16.0. The fourth-order valence-corrected chi connectivity index (χ4v) is 2.52. The topological polar surface area (TPSA) is 76.4 Å². The number of aromatic nitrogens is 1. The van der Waals surface area contributed by atoms with Crippen LogP contribution < -0.4 is 10.6 Å². The quantitative estimate of drug-likeness (QED) is 0.787. The Morgan fingerprint density at radius 2 is 2.17 bits per heavy atom. The van der Waals surface area contributed by atoms with Gasteiger partial charge in [-0.2, -0.15) is 0 Å². The van der Waals surface area contributed by atoms with Gasteiger partial charge in [-0.1, -0.05) is 46.4 Å². The summed E-state index contributed by atoms with van der Waals surface area (Å²) in [4.78, 5) is 16.3. The van der Waals surface area contributed by atoms with Gasteiger partial charge >= 0.3 is 5.97 Å². The molecule has 0 aromatic carbocycles. The molecule has 1 aromatic rings. The van der Waals surface area contributed by atoms with Gasteiger partial charge in [0.25, 0.3) is 0 Å². The summed E-state index contributed by atoms with van der Waals surface area (Å²) >= 11 is 1.57. The Bertz CT molecular complexity index is 588. The van der Waals surface area contributed by atoms with Crippen LogP contribution in [0, 0.1) is 0 Å². The minimum absolute atomic E-state index is 0.0477. The lowest BCUT2D eigenvalue weighted by Crippen LogP contribution is -2.37. The van der Waals surface area contributed by atoms with E-state index < -0.39 is 0 Å². The Morgan fingerprint density at radius 3 is 2.75 bits per heavy atom. The van der Waals surface area contributed by atoms with Crippen LogP contribution in [0.2, 0.25) is 0 Å². The number of carbonyl (C=O) groups is 1. The van der Waals surface area contributed by atoms with Gasteiger partial charge in [0.2, 0.25) is 5.89 Å². The van der Waals surface area contributed by atoms with E-state index in [-0.39, 0.29) is 23.4 Å². The maximum absolute atomic E-state index is 11.1. The number of carbonyl (C=O) groups excluding carboxylic acids is 1. The van der Waals surface area contributed by atoms with Gasteiger partial charge in [-0.3, -0.25) is 10.1 Å². The molecule has 2 rings (SSSR count). The molecule has 0 saturated heterocycles. The van der Waals surface area contributed by atoms with Crippen molar-refractivity contribution in [3.8, 4) is 0 Å². The average Bonchev–Trinajstić information content (AvgIpc) is 3.21. The molecule has 2 N–H and O–H groups in total. The molecule has 2 heterocycles. The lowest BCUT2D eigenvalue weighted by atomic mass is 9.94. The fourth-order valence-electron chi connectivity index (χ4n) is 1.66. The molecule has 1 aromatic heterocycles. The Morgan fingerprint density at radius 1 is 1.46 bits per heavy atom. The van der Waals surface area contributed by atoms with Crippen molar-refractivity contribution in [2.24, 2.45) is 0 Å². The van der Waals surface area contributed by atoms with Crippen molar-refractivity contribution >= 4 is 23.8 Å². The van der Waals surface area contributed by atoms with Crippen LogP contribution in [0.3, 0.4) is 0 Å². The molecule has 0 radical (unpaired) electrons. The Hall–Kier alpha value is -1.73. The Kier molecular flexibility index (Phi) is 8.07. The van der Waals surface area contributed by atoms with E-state index in [1.54, 1.807) is 18.0 Å². The molecule has 0 saturated carbocycles. The van der Waals surface area contributed by atoms with Crippen LogP contribution in [0.4, 0.5) is 0 Å². The number of hydrogen-bond acceptors (Lipinski definition) is 7. The van der Waals surface area contributed by atoms with Gasteiger partial charge in [-0.25, -0.2) is 4.98 Å². The third-order valence-electron chi connectivity index (χ3n) is 2.94. The van der Waals surface area contributed by atoms with E-state index in [2.05, 4.69) is 41.1 Å². The summed E-state index contributed by atoms with van der Waals surface area (Å²) in [6.07, 6.45) is 7.40. The second-order valence-corrected chi connectivity index (χ2v) is 6.99. The third kappa shape index (κ3) is 6.41. The molecule has 0 aliphatic carbocycles. The van der Waals surface area contributed by atoms with Gasteiger partial charge in [-0.15, -0.1) is 0 Å². The van der Waals surface area contributed by atoms with E-state index in [9.17, 15) is 4.79 Å². The maximum atomic E-state index is 11.1. The SMILES string of the molecule is CC.COC(=O)CNC1NC=C(/C=C/c2ncc(C(C)(C)C)o2)S1. The number of allylic oxidation sites excluding steroid dienone is 1. The van der Waals surface area contributed by atoms with Crippen LogP contribution >= 0.6 is 11.8 Å². The lowest BCUT2D eigenvalue weighted by molar-refractivity contribution is -0.139. The number of thioether (sulfide) groups is 1. The standard InChI is InChI=1S/C15H21N3O3S.C2H6/c1-15(2,3)11-8-16-12(21-11)6-5-10-7-17-14(22-10)18-9-13(19)20-4;1-2/h5-8,14,17-18H,9H2,1-4H3;1-2H3/b6-5+;. The van der Waals surface area contributed by atoms with Crippen LogP contribution in [0.15, 0.2) is 27.8 Å². The molecule has 24 heavy (non-hydrogen) atoms. The summed E-state index contributed by atoms with van der Waals surface area (Å²) < 4.78 is 10.3. The van der Waals surface area contributed by atoms with Crippen molar-refractivity contribution < 1.29 is 13.9 Å². The molecular weight excluding hydrogens is 326 g/mol. The highest BCUT2D eigenvalue weighted by molar-refractivity contribution is 8.04. The van der Waals surface area contributed by atoms with Crippen molar-refractivity contribution in [3.05, 3.63) is 35.0 Å². The highest BCUT2D eigenvalue weighted by Gasteiger charge is 2.19. The summed E-state index contributed by atoms with van der Waals surface area (Å²) in [5, 5.41) is 6.17. The van der Waals surface area contributed by atoms with Crippen LogP contribution in [-0.2, 0) is 14.9 Å². The van der Waals surface area contributed by atoms with Gasteiger partial charge in [0.05, 0.1) is 19.9 Å². The first-order valence-electron chi connectivity index (χ1n) is 7.96. The first kappa shape index (κ1) is 20.3. The minimum atomic E-state index is -0.291. The molecular formula is C17H27N3O3S. The molecule has 0 bridgehead atoms. The smallest absolute Gasteiger partial charge is 0.319 e. The molecule has 7 heteroatoms. The Labute approximate surface area is 148 Å². The van der Waals surface area contributed by atoms with E-state index in [0.717, 1.165) is 10.7 Å². The predicted molar refractivity (Wildman–Crippen MR) is 98.2 cm³/mol. The fraction of sp³-hybridized carbons (Fsp3) is 0.529. The summed E-state index contributed by atoms with van der Waals surface area (Å²) in [7, 11) is 1.37. The maximum Gasteiger partial charge on any atom is 0.319 e. The summed E-state index contributed by atoms with van der Waals surface area (Å²) in [6.45, 7) is 10.4. The highest BCUT2D eigenvalue weighted by Crippen LogP contribution is 2.27. The number of hydrogen-bond donors (Lipinski definition) is 2. The summed E-state index contributed by atoms with van der Waals surface area (Å²) in [5.74, 6) is 1.15. The van der Waals surface area contributed by atoms with Crippen LogP contribution in [-0.4, -0.2) is 30.1 Å². The van der Waals surface area contributed by atoms with Gasteiger partial charge in [0.15, 0.2) is 0 Å². The number of oxazole rings is 1. The number of rotatable bonds is 5. The van der Waals surface area contributed by atoms with Gasteiger partial charge < -0.3 is 14.5 Å². The molecule has 0 fully saturated rings. The van der Waals surface area contributed by atoms with E-state index in [4.69, 9.17) is 4.42 Å². The normalized spacial score (nSPS) is 17.1. The number of nitrogens with zero attached hydrogens (tertiary/aromatic N) is 1. The van der Waals surface area contributed by atoms with E-state index in [1.165, 1.54) is 7.11 Å². The predicted octanol–water partition coefficient (Wildman–Crippen LogP) is 3.24. The number of methoxy groups -OCH3 is 1. The zero-order valence-electron chi connectivity index (χ0n) is 15.2. The number of ether oxygens (including phenoxy) is 1. The zero-order chi connectivity index (χ0) is 18.2. The average molecular weight is 353 g/mol. The second-order valence-electron chi connectivity index (χ2n) is 5.81. The molecule has 6 nitrogen and oxygen atoms in total. The molecule has 1 aliphatic rings. The second kappa shape index (κ2) is 9.54. The molecule has 1 aliphatic heterocycles. The van der Waals surface area contributed by atoms with Crippen molar-refractivity contribution in [2.45, 2.75) is 45.5 Å². The van der Waals surface area contributed by atoms with E-state index >= 15 is 0 Å². The molecule has 1 atom stereocenters. The summed E-state index contributed by atoms with van der Waals surface area (Å²) in [6, 6.07) is 0. The van der Waals surface area contributed by atoms with Crippen molar-refractivity contribution in [1.82, 2.24) is 15.6 Å². The lowest BCUT2D eigenvalue weighted by Gasteiger charge is -2.12. The highest BCUT2D eigenvalue weighted by atomic mass is 32.2. The third-order valence-corrected chi connectivity index (χ3v) is 4.01. The minimum Gasteiger partial charge on any atom is -0.468 e. The van der Waals surface area contributed by atoms with Crippen molar-refractivity contribution in [1.29, 1.82) is 0 Å². The van der Waals surface area contributed by atoms with E-state index in [1.807, 2.05) is 32.2 Å². The molecule has 0 spiro atoms. The number of nitrogens with one attached hydrogen (secondary N) is 2. The van der Waals surface area contributed by atoms with E-state index in [0.29, 0.717) is 5.89 Å². The van der Waals surface area contributed by atoms with Gasteiger partial charge in [-0.05, 0) is 6.08 Å². The monoisotopic (exact) mass is 353 g/mol. The molecule has 134 valence electrons. The first-order chi connectivity index (χ1) is 11.4. The van der Waals surface area contributed by atoms with Gasteiger partial charge in [0, 0.05) is 22.6 Å². The van der Waals surface area contributed by atoms with Crippen LogP contribution in [0.1, 0.15) is 46.3 Å².